The number of aromatic nitrogens is 3. The van der Waals surface area contributed by atoms with Gasteiger partial charge in [-0.15, -0.1) is 0 Å². The highest BCUT2D eigenvalue weighted by Crippen LogP contribution is 2.39. The van der Waals surface area contributed by atoms with Gasteiger partial charge in [0.05, 0.1) is 30.6 Å². The number of hydrogen-bond donors (Lipinski definition) is 0. The first-order valence-electron chi connectivity index (χ1n) is 9.08. The minimum absolute atomic E-state index is 0.194. The molecule has 4 rings (SSSR count). The molecule has 26 heavy (non-hydrogen) atoms. The summed E-state index contributed by atoms with van der Waals surface area (Å²) in [6.07, 6.45) is 9.58. The van der Waals surface area contributed by atoms with Crippen molar-refractivity contribution in [2.45, 2.75) is 38.5 Å². The Morgan fingerprint density at radius 2 is 2.04 bits per heavy atom. The lowest BCUT2D eigenvalue weighted by atomic mass is 9.80. The van der Waals surface area contributed by atoms with Gasteiger partial charge >= 0.3 is 0 Å². The maximum absolute atomic E-state index is 9.16. The minimum Gasteiger partial charge on any atom is -0.496 e. The van der Waals surface area contributed by atoms with E-state index < -0.39 is 0 Å². The molecule has 0 unspecified atom stereocenters. The Bertz CT molecular complexity index is 977. The van der Waals surface area contributed by atoms with Gasteiger partial charge in [-0.25, -0.2) is 4.52 Å². The average Bonchev–Trinajstić information content (AvgIpc) is 3.12. The van der Waals surface area contributed by atoms with E-state index in [4.69, 9.17) is 15.0 Å². The van der Waals surface area contributed by atoms with E-state index in [1.807, 2.05) is 29.2 Å². The minimum atomic E-state index is 0.194. The van der Waals surface area contributed by atoms with Gasteiger partial charge in [-0.2, -0.15) is 10.4 Å². The summed E-state index contributed by atoms with van der Waals surface area (Å²) in [5.74, 6) is 1.47. The molecule has 0 radical (unpaired) electrons. The third-order valence-electron chi connectivity index (χ3n) is 5.46. The predicted octanol–water partition coefficient (Wildman–Crippen LogP) is 4.51. The molecule has 0 amide bonds. The van der Waals surface area contributed by atoms with Gasteiger partial charge in [0.15, 0.2) is 0 Å². The third kappa shape index (κ3) is 2.82. The van der Waals surface area contributed by atoms with Gasteiger partial charge in [0.1, 0.15) is 5.75 Å². The van der Waals surface area contributed by atoms with Crippen LogP contribution < -0.4 is 4.74 Å². The number of benzene rings is 1. The Labute approximate surface area is 153 Å². The third-order valence-corrected chi connectivity index (χ3v) is 5.46. The smallest absolute Gasteiger partial charge is 0.121 e. The van der Waals surface area contributed by atoms with Crippen LogP contribution in [0.25, 0.3) is 16.6 Å². The van der Waals surface area contributed by atoms with E-state index in [0.29, 0.717) is 5.92 Å². The van der Waals surface area contributed by atoms with Gasteiger partial charge in [0.25, 0.3) is 0 Å². The molecule has 1 aliphatic carbocycles. The highest BCUT2D eigenvalue weighted by Gasteiger charge is 2.26. The maximum atomic E-state index is 9.16. The lowest BCUT2D eigenvalue weighted by molar-refractivity contribution is 0.378. The van der Waals surface area contributed by atoms with E-state index in [-0.39, 0.29) is 5.92 Å². The van der Waals surface area contributed by atoms with Crippen LogP contribution in [0.1, 0.15) is 42.9 Å². The molecule has 2 heterocycles. The highest BCUT2D eigenvalue weighted by molar-refractivity contribution is 5.82. The highest BCUT2D eigenvalue weighted by atomic mass is 16.5. The number of nitriles is 1. The second-order valence-electron chi connectivity index (χ2n) is 7.03. The molecule has 0 spiro atoms. The van der Waals surface area contributed by atoms with Gasteiger partial charge in [0.2, 0.25) is 0 Å². The zero-order valence-electron chi connectivity index (χ0n) is 15.1. The Hall–Kier alpha value is -2.87. The van der Waals surface area contributed by atoms with Crippen molar-refractivity contribution in [3.63, 3.8) is 0 Å². The van der Waals surface area contributed by atoms with Crippen LogP contribution in [0.4, 0.5) is 0 Å². The number of hydrogen-bond acceptors (Lipinski definition) is 4. The molecule has 1 aromatic carbocycles. The van der Waals surface area contributed by atoms with Crippen LogP contribution >= 0.6 is 0 Å². The van der Waals surface area contributed by atoms with Crippen molar-refractivity contribution >= 4 is 5.52 Å². The molecule has 0 aliphatic heterocycles. The molecule has 0 saturated heterocycles. The fourth-order valence-electron chi connectivity index (χ4n) is 4.02. The summed E-state index contributed by atoms with van der Waals surface area (Å²) >= 11 is 0. The maximum Gasteiger partial charge on any atom is 0.121 e. The first-order valence-corrected chi connectivity index (χ1v) is 9.08. The van der Waals surface area contributed by atoms with Crippen LogP contribution in [0, 0.1) is 24.2 Å². The molecular formula is C21H22N4O. The second-order valence-corrected chi connectivity index (χ2v) is 7.03. The zero-order chi connectivity index (χ0) is 18.1. The number of nitrogens with zero attached hydrogens (tertiary/aromatic N) is 4. The molecule has 1 aliphatic rings. The zero-order valence-corrected chi connectivity index (χ0v) is 15.1. The molecule has 2 aromatic heterocycles. The number of rotatable bonds is 3. The molecule has 0 N–H and O–H groups in total. The number of methoxy groups -OCH3 is 1. The van der Waals surface area contributed by atoms with Crippen LogP contribution in [-0.4, -0.2) is 21.7 Å². The summed E-state index contributed by atoms with van der Waals surface area (Å²) in [7, 11) is 1.69. The fraction of sp³-hybridized carbons (Fsp3) is 0.381. The summed E-state index contributed by atoms with van der Waals surface area (Å²) < 4.78 is 7.31. The van der Waals surface area contributed by atoms with Gasteiger partial charge in [-0.3, -0.25) is 4.98 Å². The lowest BCUT2D eigenvalue weighted by Crippen LogP contribution is -2.14. The Morgan fingerprint density at radius 1 is 1.23 bits per heavy atom. The topological polar surface area (TPSA) is 63.2 Å². The standard InChI is InChI=1S/C21H22N4O/c1-14-11-17(7-8-19(14)26-2)18-13-24-25-10-9-23-20(21(18)25)16-5-3-15(12-22)4-6-16/h7-11,13,15-16H,3-6H2,1-2H3/t15-,16+. The lowest BCUT2D eigenvalue weighted by Gasteiger charge is -2.25. The van der Waals surface area contributed by atoms with Crippen molar-refractivity contribution in [2.75, 3.05) is 7.11 Å². The number of aryl methyl sites for hydroxylation is 1. The molecular weight excluding hydrogens is 324 g/mol. The SMILES string of the molecule is COc1ccc(-c2cnn3ccnc([C@H]4CC[C@@H](C#N)CC4)c23)cc1C. The van der Waals surface area contributed by atoms with Crippen molar-refractivity contribution in [1.82, 2.24) is 14.6 Å². The van der Waals surface area contributed by atoms with Gasteiger partial charge in [0, 0.05) is 29.8 Å². The van der Waals surface area contributed by atoms with Crippen LogP contribution in [0.3, 0.4) is 0 Å². The normalized spacial score (nSPS) is 20.0. The van der Waals surface area contributed by atoms with Crippen LogP contribution in [0.5, 0.6) is 5.75 Å². The van der Waals surface area contributed by atoms with E-state index in [2.05, 4.69) is 30.2 Å². The largest absolute Gasteiger partial charge is 0.496 e. The molecule has 1 saturated carbocycles. The quantitative estimate of drug-likeness (QED) is 0.700. The Morgan fingerprint density at radius 3 is 2.73 bits per heavy atom. The van der Waals surface area contributed by atoms with Crippen LogP contribution in [-0.2, 0) is 0 Å². The van der Waals surface area contributed by atoms with Crippen LogP contribution in [0.15, 0.2) is 36.8 Å². The van der Waals surface area contributed by atoms with Gasteiger partial charge < -0.3 is 4.74 Å². The van der Waals surface area contributed by atoms with E-state index in [1.54, 1.807) is 7.11 Å². The molecule has 5 nitrogen and oxygen atoms in total. The first-order chi connectivity index (χ1) is 12.7. The second kappa shape index (κ2) is 6.80. The van der Waals surface area contributed by atoms with Gasteiger partial charge in [-0.1, -0.05) is 6.07 Å². The average molecular weight is 346 g/mol. The van der Waals surface area contributed by atoms with E-state index in [9.17, 15) is 0 Å². The van der Waals surface area contributed by atoms with Gasteiger partial charge in [-0.05, 0) is 55.9 Å². The molecule has 1 fully saturated rings. The molecule has 5 heteroatoms. The molecule has 132 valence electrons. The molecule has 0 bridgehead atoms. The summed E-state index contributed by atoms with van der Waals surface area (Å²) in [6.45, 7) is 2.05. The summed E-state index contributed by atoms with van der Waals surface area (Å²) in [4.78, 5) is 4.73. The van der Waals surface area contributed by atoms with E-state index in [0.717, 1.165) is 59.3 Å². The van der Waals surface area contributed by atoms with Crippen molar-refractivity contribution in [3.8, 4) is 22.9 Å². The number of fused-ring (bicyclic) bond motifs is 1. The van der Waals surface area contributed by atoms with Crippen molar-refractivity contribution < 1.29 is 4.74 Å². The predicted molar refractivity (Wildman–Crippen MR) is 100 cm³/mol. The van der Waals surface area contributed by atoms with Crippen molar-refractivity contribution in [2.24, 2.45) is 5.92 Å². The van der Waals surface area contributed by atoms with Crippen LogP contribution in [0.2, 0.25) is 0 Å². The summed E-state index contributed by atoms with van der Waals surface area (Å²) in [5.41, 5.74) is 5.51. The molecule has 0 atom stereocenters. The monoisotopic (exact) mass is 346 g/mol. The number of ether oxygens (including phenoxy) is 1. The van der Waals surface area contributed by atoms with Crippen molar-refractivity contribution in [1.29, 1.82) is 5.26 Å². The Kier molecular flexibility index (Phi) is 4.34. The van der Waals surface area contributed by atoms with E-state index >= 15 is 0 Å². The van der Waals surface area contributed by atoms with Crippen molar-refractivity contribution in [3.05, 3.63) is 48.0 Å². The summed E-state index contributed by atoms with van der Waals surface area (Å²) in [5, 5.41) is 13.7. The molecule has 3 aromatic rings. The summed E-state index contributed by atoms with van der Waals surface area (Å²) in [6, 6.07) is 8.63. The Balaban J connectivity index is 1.78. The fourth-order valence-corrected chi connectivity index (χ4v) is 4.02. The van der Waals surface area contributed by atoms with E-state index in [1.165, 1.54) is 0 Å². The first kappa shape index (κ1) is 16.6.